The fraction of sp³-hybridized carbons (Fsp3) is 0.361. The van der Waals surface area contributed by atoms with E-state index in [1.165, 1.54) is 0 Å². The summed E-state index contributed by atoms with van der Waals surface area (Å²) in [4.78, 5) is 41.9. The number of nitrogens with one attached hydrogen (secondary N) is 2. The van der Waals surface area contributed by atoms with Crippen molar-refractivity contribution in [3.05, 3.63) is 102 Å². The summed E-state index contributed by atoms with van der Waals surface area (Å²) in [5, 5.41) is 13.5. The number of carboxylic acids is 1. The summed E-state index contributed by atoms with van der Waals surface area (Å²) in [5.74, 6) is -1.45. The molecule has 1 aromatic heterocycles. The highest BCUT2D eigenvalue weighted by Crippen LogP contribution is 2.22. The number of Topliss-reactive ketones (excluding diaryl/α,β-unsaturated/α-hetero) is 1. The van der Waals surface area contributed by atoms with Crippen molar-refractivity contribution >= 4 is 28.6 Å². The molecule has 0 saturated heterocycles. The molecule has 232 valence electrons. The monoisotopic (exact) mass is 598 g/mol. The first-order chi connectivity index (χ1) is 21.4. The molecule has 0 unspecified atom stereocenters. The summed E-state index contributed by atoms with van der Waals surface area (Å²) in [5.41, 5.74) is 4.10. The third-order valence-corrected chi connectivity index (χ3v) is 7.85. The van der Waals surface area contributed by atoms with E-state index in [0.29, 0.717) is 38.9 Å². The van der Waals surface area contributed by atoms with Gasteiger partial charge in [-0.25, -0.2) is 0 Å². The highest BCUT2D eigenvalue weighted by Gasteiger charge is 2.27. The van der Waals surface area contributed by atoms with Crippen LogP contribution in [0.2, 0.25) is 0 Å². The molecule has 2 atom stereocenters. The van der Waals surface area contributed by atoms with Gasteiger partial charge >= 0.3 is 5.97 Å². The fourth-order valence-corrected chi connectivity index (χ4v) is 5.39. The van der Waals surface area contributed by atoms with Crippen LogP contribution in [0.1, 0.15) is 55.2 Å². The lowest BCUT2D eigenvalue weighted by molar-refractivity contribution is -0.141. The van der Waals surface area contributed by atoms with E-state index in [4.69, 9.17) is 9.47 Å². The number of aromatic amines is 1. The zero-order valence-corrected chi connectivity index (χ0v) is 25.3. The van der Waals surface area contributed by atoms with Crippen LogP contribution in [0.25, 0.3) is 10.9 Å². The van der Waals surface area contributed by atoms with Crippen LogP contribution in [0.3, 0.4) is 0 Å². The minimum absolute atomic E-state index is 0.0967. The zero-order chi connectivity index (χ0) is 31.1. The van der Waals surface area contributed by atoms with Crippen molar-refractivity contribution in [1.82, 2.24) is 10.3 Å². The molecule has 0 aliphatic rings. The van der Waals surface area contributed by atoms with Gasteiger partial charge < -0.3 is 24.9 Å². The Hall–Kier alpha value is -4.43. The van der Waals surface area contributed by atoms with Crippen molar-refractivity contribution in [2.24, 2.45) is 5.92 Å². The summed E-state index contributed by atoms with van der Waals surface area (Å²) in [6.45, 7) is 0.893. The Morgan fingerprint density at radius 1 is 0.886 bits per heavy atom. The highest BCUT2D eigenvalue weighted by molar-refractivity contribution is 5.92. The number of methoxy groups -OCH3 is 1. The number of carboxylic acid groups (broad SMARTS) is 1. The number of aromatic nitrogens is 1. The Morgan fingerprint density at radius 2 is 1.64 bits per heavy atom. The Balaban J connectivity index is 1.36. The molecule has 1 amide bonds. The zero-order valence-electron chi connectivity index (χ0n) is 25.3. The number of fused-ring (bicyclic) bond motifs is 1. The van der Waals surface area contributed by atoms with Crippen molar-refractivity contribution < 1.29 is 29.0 Å². The van der Waals surface area contributed by atoms with Crippen LogP contribution >= 0.6 is 0 Å². The topological polar surface area (TPSA) is 118 Å². The van der Waals surface area contributed by atoms with Gasteiger partial charge in [0, 0.05) is 42.5 Å². The molecule has 0 radical (unpaired) electrons. The molecule has 8 nitrogen and oxygen atoms in total. The lowest BCUT2D eigenvalue weighted by atomic mass is 9.94. The number of benzene rings is 3. The van der Waals surface area contributed by atoms with Crippen molar-refractivity contribution in [2.45, 2.75) is 64.0 Å². The number of carbonyl (C=O) groups is 3. The number of aliphatic carboxylic acids is 1. The average Bonchev–Trinajstić information content (AvgIpc) is 3.45. The van der Waals surface area contributed by atoms with Crippen LogP contribution in [-0.4, -0.2) is 47.5 Å². The molecule has 4 rings (SSSR count). The number of ether oxygens (including phenoxy) is 2. The molecular weight excluding hydrogens is 556 g/mol. The molecule has 4 aromatic rings. The highest BCUT2D eigenvalue weighted by atomic mass is 16.5. The van der Waals surface area contributed by atoms with Gasteiger partial charge in [0.25, 0.3) is 0 Å². The fourth-order valence-electron chi connectivity index (χ4n) is 5.39. The summed E-state index contributed by atoms with van der Waals surface area (Å²) in [6.07, 6.45) is 5.42. The number of unbranched alkanes of at least 4 members (excludes halogenated alkanes) is 1. The van der Waals surface area contributed by atoms with Gasteiger partial charge in [-0.1, -0.05) is 67.1 Å². The molecule has 8 heteroatoms. The Morgan fingerprint density at radius 3 is 2.39 bits per heavy atom. The van der Waals surface area contributed by atoms with Gasteiger partial charge in [-0.3, -0.25) is 14.4 Å². The van der Waals surface area contributed by atoms with Crippen molar-refractivity contribution in [3.63, 3.8) is 0 Å². The summed E-state index contributed by atoms with van der Waals surface area (Å²) in [7, 11) is 1.63. The average molecular weight is 599 g/mol. The quantitative estimate of drug-likeness (QED) is 0.110. The predicted molar refractivity (Wildman–Crippen MR) is 171 cm³/mol. The van der Waals surface area contributed by atoms with E-state index in [2.05, 4.69) is 10.3 Å². The molecule has 0 aliphatic carbocycles. The van der Waals surface area contributed by atoms with Gasteiger partial charge in [-0.2, -0.15) is 0 Å². The van der Waals surface area contributed by atoms with E-state index in [9.17, 15) is 19.5 Å². The Kier molecular flexibility index (Phi) is 12.6. The number of para-hydroxylation sites is 1. The smallest absolute Gasteiger partial charge is 0.304 e. The van der Waals surface area contributed by atoms with Crippen LogP contribution in [0, 0.1) is 5.92 Å². The number of rotatable bonds is 19. The predicted octanol–water partition coefficient (Wildman–Crippen LogP) is 6.27. The number of hydrogen-bond acceptors (Lipinski definition) is 5. The van der Waals surface area contributed by atoms with Crippen LogP contribution in [0.15, 0.2) is 85.1 Å². The van der Waals surface area contributed by atoms with Gasteiger partial charge in [-0.05, 0) is 60.6 Å². The molecule has 1 heterocycles. The number of hydrogen-bond donors (Lipinski definition) is 3. The first-order valence-electron chi connectivity index (χ1n) is 15.3. The SMILES string of the molecule is COc1ccc(CCCC[C@H](CC(=O)O)C(=O)N[C@@H](Cc2c[nH]c3ccccc23)C(=O)CCCOCc2ccccc2)cc1. The lowest BCUT2D eigenvalue weighted by Crippen LogP contribution is -2.45. The molecule has 0 saturated carbocycles. The first kappa shape index (κ1) is 32.5. The molecule has 0 aliphatic heterocycles. The Bertz CT molecular complexity index is 1480. The lowest BCUT2D eigenvalue weighted by Gasteiger charge is -2.22. The first-order valence-corrected chi connectivity index (χ1v) is 15.3. The number of amides is 1. The van der Waals surface area contributed by atoms with Gasteiger partial charge in [0.15, 0.2) is 5.78 Å². The standard InChI is InChI=1S/C36H42N2O6/c1-43-30-19-17-26(18-20-30)10-5-6-13-28(23-35(40)41)36(42)38-33(22-29-24-37-32-15-8-7-14-31(29)32)34(39)16-9-21-44-25-27-11-3-2-4-12-27/h2-4,7-8,11-12,14-15,17-20,24,28,33,37H,5-6,9-10,13,16,21-23,25H2,1H3,(H,38,42)(H,40,41)/t28-,33+/m1/s1. The van der Waals surface area contributed by atoms with E-state index in [0.717, 1.165) is 46.2 Å². The number of ketones is 1. The minimum atomic E-state index is -1.03. The van der Waals surface area contributed by atoms with E-state index < -0.39 is 23.8 Å². The molecule has 44 heavy (non-hydrogen) atoms. The summed E-state index contributed by atoms with van der Waals surface area (Å²) >= 11 is 0. The maximum atomic E-state index is 13.5. The third kappa shape index (κ3) is 10.1. The second-order valence-electron chi connectivity index (χ2n) is 11.1. The van der Waals surface area contributed by atoms with Gasteiger partial charge in [0.2, 0.25) is 5.91 Å². The van der Waals surface area contributed by atoms with E-state index >= 15 is 0 Å². The van der Waals surface area contributed by atoms with Crippen LogP contribution in [0.4, 0.5) is 0 Å². The van der Waals surface area contributed by atoms with Crippen LogP contribution in [-0.2, 0) is 38.6 Å². The maximum Gasteiger partial charge on any atom is 0.304 e. The number of carbonyl (C=O) groups excluding carboxylic acids is 2. The molecule has 3 aromatic carbocycles. The summed E-state index contributed by atoms with van der Waals surface area (Å²) < 4.78 is 11.0. The van der Waals surface area contributed by atoms with Gasteiger partial charge in [0.1, 0.15) is 5.75 Å². The van der Waals surface area contributed by atoms with Crippen molar-refractivity contribution in [1.29, 1.82) is 0 Å². The van der Waals surface area contributed by atoms with Crippen LogP contribution in [0.5, 0.6) is 5.75 Å². The summed E-state index contributed by atoms with van der Waals surface area (Å²) in [6, 6.07) is 24.7. The normalized spacial score (nSPS) is 12.5. The molecule has 3 N–H and O–H groups in total. The van der Waals surface area contributed by atoms with Gasteiger partial charge in [0.05, 0.1) is 26.2 Å². The van der Waals surface area contributed by atoms with E-state index in [1.807, 2.05) is 85.1 Å². The van der Waals surface area contributed by atoms with E-state index in [1.54, 1.807) is 7.11 Å². The number of H-pyrrole nitrogens is 1. The van der Waals surface area contributed by atoms with Crippen LogP contribution < -0.4 is 10.1 Å². The minimum Gasteiger partial charge on any atom is -0.497 e. The second kappa shape index (κ2) is 17.0. The largest absolute Gasteiger partial charge is 0.497 e. The third-order valence-electron chi connectivity index (χ3n) is 7.85. The van der Waals surface area contributed by atoms with Crippen molar-refractivity contribution in [2.75, 3.05) is 13.7 Å². The molecular formula is C36H42N2O6. The molecule has 0 spiro atoms. The van der Waals surface area contributed by atoms with E-state index in [-0.39, 0.29) is 18.6 Å². The van der Waals surface area contributed by atoms with Gasteiger partial charge in [-0.15, -0.1) is 0 Å². The number of aryl methyl sites for hydroxylation is 1. The maximum absolute atomic E-state index is 13.5. The Labute approximate surface area is 258 Å². The second-order valence-corrected chi connectivity index (χ2v) is 11.1. The van der Waals surface area contributed by atoms with Crippen molar-refractivity contribution in [3.8, 4) is 5.75 Å². The molecule has 0 bridgehead atoms. The molecule has 0 fully saturated rings.